The van der Waals surface area contributed by atoms with E-state index in [2.05, 4.69) is 179 Å². The molecule has 8 aromatic carbocycles. The standard InChI is InChI=1S/C44H28N2/c1-2-14-32(15-3-1)45-40-20-10-8-17-35(40)36-25-23-31(27-42(36)45)39-28-43-44(37-18-7-6-16-34(37)39)38-19-9-11-21-41(38)46(43)33-24-22-29-12-4-5-13-30(29)26-33/h1-28H. The Bertz CT molecular complexity index is 2800. The summed E-state index contributed by atoms with van der Waals surface area (Å²) in [5.41, 5.74) is 9.65. The fourth-order valence-corrected chi connectivity index (χ4v) is 7.66. The van der Waals surface area contributed by atoms with Gasteiger partial charge < -0.3 is 9.13 Å². The highest BCUT2D eigenvalue weighted by Crippen LogP contribution is 2.43. The molecule has 2 nitrogen and oxygen atoms in total. The predicted molar refractivity (Wildman–Crippen MR) is 196 cm³/mol. The van der Waals surface area contributed by atoms with Gasteiger partial charge in [0.05, 0.1) is 22.1 Å². The van der Waals surface area contributed by atoms with Gasteiger partial charge in [-0.25, -0.2) is 0 Å². The highest BCUT2D eigenvalue weighted by molar-refractivity contribution is 6.24. The molecule has 46 heavy (non-hydrogen) atoms. The maximum Gasteiger partial charge on any atom is 0.0553 e. The van der Waals surface area contributed by atoms with E-state index in [9.17, 15) is 0 Å². The van der Waals surface area contributed by atoms with Crippen LogP contribution in [-0.2, 0) is 0 Å². The van der Waals surface area contributed by atoms with Gasteiger partial charge in [-0.1, -0.05) is 121 Å². The summed E-state index contributed by atoms with van der Waals surface area (Å²) in [4.78, 5) is 0. The second-order valence-corrected chi connectivity index (χ2v) is 12.2. The first kappa shape index (κ1) is 25.2. The van der Waals surface area contributed by atoms with Crippen LogP contribution in [0.3, 0.4) is 0 Å². The van der Waals surface area contributed by atoms with E-state index in [0.29, 0.717) is 0 Å². The summed E-state index contributed by atoms with van der Waals surface area (Å²) in [6.45, 7) is 0. The van der Waals surface area contributed by atoms with Crippen LogP contribution in [0.1, 0.15) is 0 Å². The highest BCUT2D eigenvalue weighted by atomic mass is 15.0. The van der Waals surface area contributed by atoms with Gasteiger partial charge >= 0.3 is 0 Å². The van der Waals surface area contributed by atoms with Crippen molar-refractivity contribution in [2.45, 2.75) is 0 Å². The highest BCUT2D eigenvalue weighted by Gasteiger charge is 2.19. The molecule has 10 aromatic rings. The zero-order chi connectivity index (χ0) is 30.2. The Hall–Kier alpha value is -6.12. The van der Waals surface area contributed by atoms with E-state index in [1.807, 2.05) is 0 Å². The maximum atomic E-state index is 2.45. The number of nitrogens with zero attached hydrogens (tertiary/aromatic N) is 2. The summed E-state index contributed by atoms with van der Waals surface area (Å²) in [6, 6.07) is 62.0. The summed E-state index contributed by atoms with van der Waals surface area (Å²) in [5, 5.41) is 10.1. The van der Waals surface area contributed by atoms with Crippen molar-refractivity contribution in [1.29, 1.82) is 0 Å². The third-order valence-corrected chi connectivity index (χ3v) is 9.67. The van der Waals surface area contributed by atoms with E-state index in [0.717, 1.165) is 0 Å². The second-order valence-electron chi connectivity index (χ2n) is 12.2. The van der Waals surface area contributed by atoms with Crippen LogP contribution in [0.5, 0.6) is 0 Å². The normalized spacial score (nSPS) is 11.9. The molecule has 0 spiro atoms. The van der Waals surface area contributed by atoms with E-state index >= 15 is 0 Å². The van der Waals surface area contributed by atoms with E-state index in [1.165, 1.54) is 87.7 Å². The largest absolute Gasteiger partial charge is 0.309 e. The Morgan fingerprint density at radius 3 is 1.74 bits per heavy atom. The van der Waals surface area contributed by atoms with Crippen molar-refractivity contribution in [1.82, 2.24) is 9.13 Å². The minimum Gasteiger partial charge on any atom is -0.309 e. The zero-order valence-corrected chi connectivity index (χ0v) is 25.1. The van der Waals surface area contributed by atoms with Crippen LogP contribution < -0.4 is 0 Å². The van der Waals surface area contributed by atoms with Gasteiger partial charge in [0, 0.05) is 32.9 Å². The maximum absolute atomic E-state index is 2.45. The van der Waals surface area contributed by atoms with Gasteiger partial charge in [-0.2, -0.15) is 0 Å². The summed E-state index contributed by atoms with van der Waals surface area (Å²) in [6.07, 6.45) is 0. The van der Waals surface area contributed by atoms with Crippen LogP contribution in [0.25, 0.3) is 87.7 Å². The lowest BCUT2D eigenvalue weighted by Crippen LogP contribution is -1.95. The van der Waals surface area contributed by atoms with Crippen molar-refractivity contribution in [3.05, 3.63) is 170 Å². The fourth-order valence-electron chi connectivity index (χ4n) is 7.66. The summed E-state index contributed by atoms with van der Waals surface area (Å²) in [5.74, 6) is 0. The summed E-state index contributed by atoms with van der Waals surface area (Å²) < 4.78 is 4.85. The Morgan fingerprint density at radius 2 is 0.913 bits per heavy atom. The van der Waals surface area contributed by atoms with Crippen LogP contribution >= 0.6 is 0 Å². The van der Waals surface area contributed by atoms with Crippen molar-refractivity contribution in [2.24, 2.45) is 0 Å². The Kier molecular flexibility index (Phi) is 5.31. The van der Waals surface area contributed by atoms with Crippen LogP contribution in [0.4, 0.5) is 0 Å². The van der Waals surface area contributed by atoms with E-state index < -0.39 is 0 Å². The number of aromatic nitrogens is 2. The molecule has 0 saturated carbocycles. The van der Waals surface area contributed by atoms with Crippen LogP contribution in [0.2, 0.25) is 0 Å². The molecule has 2 heteroatoms. The molecule has 10 rings (SSSR count). The van der Waals surface area contributed by atoms with Crippen molar-refractivity contribution in [3.8, 4) is 22.5 Å². The Morgan fingerprint density at radius 1 is 0.304 bits per heavy atom. The molecule has 0 aliphatic carbocycles. The van der Waals surface area contributed by atoms with Crippen molar-refractivity contribution < 1.29 is 0 Å². The van der Waals surface area contributed by atoms with Gasteiger partial charge in [0.1, 0.15) is 0 Å². The van der Waals surface area contributed by atoms with Gasteiger partial charge in [-0.05, 0) is 81.2 Å². The first-order valence-electron chi connectivity index (χ1n) is 15.9. The number of hydrogen-bond donors (Lipinski definition) is 0. The molecule has 0 aliphatic heterocycles. The van der Waals surface area contributed by atoms with Gasteiger partial charge in [0.2, 0.25) is 0 Å². The molecular weight excluding hydrogens is 556 g/mol. The number of para-hydroxylation sites is 3. The minimum absolute atomic E-state index is 1.17. The zero-order valence-electron chi connectivity index (χ0n) is 25.1. The summed E-state index contributed by atoms with van der Waals surface area (Å²) in [7, 11) is 0. The van der Waals surface area contributed by atoms with Crippen LogP contribution in [0.15, 0.2) is 170 Å². The molecule has 0 atom stereocenters. The molecule has 214 valence electrons. The molecule has 0 radical (unpaired) electrons. The average molecular weight is 585 g/mol. The quantitative estimate of drug-likeness (QED) is 0.195. The first-order chi connectivity index (χ1) is 22.8. The van der Waals surface area contributed by atoms with Crippen molar-refractivity contribution >= 4 is 65.2 Å². The molecule has 0 bridgehead atoms. The molecule has 0 N–H and O–H groups in total. The third kappa shape index (κ3) is 3.59. The second kappa shape index (κ2) is 9.69. The lowest BCUT2D eigenvalue weighted by Gasteiger charge is -2.14. The van der Waals surface area contributed by atoms with Crippen molar-refractivity contribution in [3.63, 3.8) is 0 Å². The lowest BCUT2D eigenvalue weighted by molar-refractivity contribution is 1.18. The molecule has 0 unspecified atom stereocenters. The van der Waals surface area contributed by atoms with Crippen LogP contribution in [-0.4, -0.2) is 9.13 Å². The molecule has 0 aliphatic rings. The summed E-state index contributed by atoms with van der Waals surface area (Å²) >= 11 is 0. The predicted octanol–water partition coefficient (Wildman–Crippen LogP) is 11.9. The molecule has 2 aromatic heterocycles. The monoisotopic (exact) mass is 584 g/mol. The van der Waals surface area contributed by atoms with Gasteiger partial charge in [-0.3, -0.25) is 0 Å². The van der Waals surface area contributed by atoms with E-state index in [1.54, 1.807) is 0 Å². The molecule has 0 amide bonds. The smallest absolute Gasteiger partial charge is 0.0553 e. The molecule has 2 heterocycles. The van der Waals surface area contributed by atoms with E-state index in [4.69, 9.17) is 0 Å². The van der Waals surface area contributed by atoms with Gasteiger partial charge in [-0.15, -0.1) is 0 Å². The third-order valence-electron chi connectivity index (χ3n) is 9.67. The number of fused-ring (bicyclic) bond motifs is 9. The molecular formula is C44H28N2. The Labute approximate surface area is 266 Å². The number of benzene rings is 8. The topological polar surface area (TPSA) is 9.86 Å². The SMILES string of the molecule is c1ccc(-n2c3ccccc3c3ccc(-c4cc5c(c6ccccc46)c4ccccc4n5-c4ccc5ccccc5c4)cc32)cc1. The van der Waals surface area contributed by atoms with Crippen molar-refractivity contribution in [2.75, 3.05) is 0 Å². The average Bonchev–Trinajstić information content (AvgIpc) is 3.64. The molecule has 0 fully saturated rings. The lowest BCUT2D eigenvalue weighted by atomic mass is 9.94. The molecule has 0 saturated heterocycles. The number of rotatable bonds is 3. The van der Waals surface area contributed by atoms with E-state index in [-0.39, 0.29) is 0 Å². The van der Waals surface area contributed by atoms with Gasteiger partial charge in [0.15, 0.2) is 0 Å². The first-order valence-corrected chi connectivity index (χ1v) is 15.9. The fraction of sp³-hybridized carbons (Fsp3) is 0. The Balaban J connectivity index is 1.32. The van der Waals surface area contributed by atoms with Crippen LogP contribution in [0, 0.1) is 0 Å². The number of hydrogen-bond acceptors (Lipinski definition) is 0. The minimum atomic E-state index is 1.17. The van der Waals surface area contributed by atoms with Gasteiger partial charge in [0.25, 0.3) is 0 Å².